The van der Waals surface area contributed by atoms with E-state index in [-0.39, 0.29) is 5.97 Å². The second-order valence-electron chi connectivity index (χ2n) is 5.51. The summed E-state index contributed by atoms with van der Waals surface area (Å²) in [6.45, 7) is 3.07. The zero-order chi connectivity index (χ0) is 16.1. The van der Waals surface area contributed by atoms with Crippen LogP contribution in [0.2, 0.25) is 0 Å². The van der Waals surface area contributed by atoms with Crippen molar-refractivity contribution in [2.45, 2.75) is 19.8 Å². The first-order chi connectivity index (χ1) is 11.3. The average molecular weight is 307 g/mol. The molecule has 0 amide bonds. The topological polar surface area (TPSA) is 29.5 Å². The third-order valence-corrected chi connectivity index (χ3v) is 3.97. The Hall–Kier alpha value is -2.55. The monoisotopic (exact) mass is 307 g/mol. The predicted molar refractivity (Wildman–Crippen MR) is 94.7 cm³/mol. The van der Waals surface area contributed by atoms with E-state index >= 15 is 0 Å². The van der Waals surface area contributed by atoms with Crippen LogP contribution in [0.3, 0.4) is 0 Å². The van der Waals surface area contributed by atoms with Crippen LogP contribution < -0.4 is 4.90 Å². The minimum atomic E-state index is -0.123. The molecule has 2 aromatic rings. The Morgan fingerprint density at radius 2 is 1.52 bits per heavy atom. The minimum absolute atomic E-state index is 0.123. The molecule has 3 heteroatoms. The summed E-state index contributed by atoms with van der Waals surface area (Å²) in [4.78, 5) is 13.9. The zero-order valence-corrected chi connectivity index (χ0v) is 13.4. The van der Waals surface area contributed by atoms with Crippen molar-refractivity contribution in [2.24, 2.45) is 0 Å². The van der Waals surface area contributed by atoms with E-state index in [2.05, 4.69) is 65.6 Å². The highest BCUT2D eigenvalue weighted by molar-refractivity contribution is 5.88. The van der Waals surface area contributed by atoms with Crippen LogP contribution in [0, 0.1) is 0 Å². The average Bonchev–Trinajstić information content (AvgIpc) is 2.73. The Bertz CT molecular complexity index is 672. The Labute approximate surface area is 137 Å². The molecule has 0 bridgehead atoms. The highest BCUT2D eigenvalue weighted by atomic mass is 16.5. The SMILES string of the molecule is CCOC(=O)CCCN1c2ccccc2C=Cc2ccccc21. The summed E-state index contributed by atoms with van der Waals surface area (Å²) in [5, 5.41) is 0. The number of hydrogen-bond donors (Lipinski definition) is 0. The van der Waals surface area contributed by atoms with Crippen molar-refractivity contribution in [3.05, 3.63) is 59.7 Å². The van der Waals surface area contributed by atoms with Crippen LogP contribution in [-0.4, -0.2) is 19.1 Å². The Morgan fingerprint density at radius 1 is 0.957 bits per heavy atom. The molecule has 0 radical (unpaired) electrons. The van der Waals surface area contributed by atoms with E-state index in [1.165, 1.54) is 22.5 Å². The fourth-order valence-corrected chi connectivity index (χ4v) is 2.91. The van der Waals surface area contributed by atoms with Gasteiger partial charge in [-0.1, -0.05) is 48.6 Å². The van der Waals surface area contributed by atoms with Crippen molar-refractivity contribution >= 4 is 29.5 Å². The number of ether oxygens (including phenoxy) is 1. The standard InChI is InChI=1S/C20H21NO2/c1-2-23-20(22)12-7-15-21-18-10-5-3-8-16(18)13-14-17-9-4-6-11-19(17)21/h3-6,8-11,13-14H,2,7,12,15H2,1H3. The third-order valence-electron chi connectivity index (χ3n) is 3.97. The molecule has 0 spiro atoms. The first-order valence-corrected chi connectivity index (χ1v) is 8.09. The number of nitrogens with zero attached hydrogens (tertiary/aromatic N) is 1. The van der Waals surface area contributed by atoms with E-state index in [0.717, 1.165) is 13.0 Å². The van der Waals surface area contributed by atoms with Crippen molar-refractivity contribution in [1.29, 1.82) is 0 Å². The van der Waals surface area contributed by atoms with Crippen molar-refractivity contribution in [2.75, 3.05) is 18.1 Å². The summed E-state index contributed by atoms with van der Waals surface area (Å²) < 4.78 is 5.03. The lowest BCUT2D eigenvalue weighted by Crippen LogP contribution is -2.20. The van der Waals surface area contributed by atoms with E-state index in [4.69, 9.17) is 4.74 Å². The van der Waals surface area contributed by atoms with Crippen LogP contribution in [0.1, 0.15) is 30.9 Å². The molecule has 0 fully saturated rings. The second-order valence-corrected chi connectivity index (χ2v) is 5.51. The quantitative estimate of drug-likeness (QED) is 0.753. The molecule has 0 unspecified atom stereocenters. The number of rotatable bonds is 5. The van der Waals surface area contributed by atoms with Gasteiger partial charge in [0, 0.05) is 24.3 Å². The number of anilines is 2. The lowest BCUT2D eigenvalue weighted by atomic mass is 10.1. The molecule has 0 aromatic heterocycles. The number of para-hydroxylation sites is 2. The van der Waals surface area contributed by atoms with Crippen LogP contribution in [0.5, 0.6) is 0 Å². The van der Waals surface area contributed by atoms with E-state index in [9.17, 15) is 4.79 Å². The zero-order valence-electron chi connectivity index (χ0n) is 13.4. The van der Waals surface area contributed by atoms with Gasteiger partial charge in [0.2, 0.25) is 0 Å². The molecule has 0 atom stereocenters. The molecular weight excluding hydrogens is 286 g/mol. The van der Waals surface area contributed by atoms with Crippen molar-refractivity contribution in [1.82, 2.24) is 0 Å². The normalized spacial score (nSPS) is 12.3. The maximum Gasteiger partial charge on any atom is 0.305 e. The van der Waals surface area contributed by atoms with Crippen LogP contribution >= 0.6 is 0 Å². The number of carbonyl (C=O) groups excluding carboxylic acids is 1. The molecule has 23 heavy (non-hydrogen) atoms. The summed E-state index contributed by atoms with van der Waals surface area (Å²) in [7, 11) is 0. The third kappa shape index (κ3) is 3.45. The number of hydrogen-bond acceptors (Lipinski definition) is 3. The summed E-state index contributed by atoms with van der Waals surface area (Å²) in [6, 6.07) is 16.7. The Kier molecular flexibility index (Phi) is 4.77. The highest BCUT2D eigenvalue weighted by Crippen LogP contribution is 2.36. The van der Waals surface area contributed by atoms with Gasteiger partial charge in [0.15, 0.2) is 0 Å². The van der Waals surface area contributed by atoms with Crippen molar-refractivity contribution in [3.8, 4) is 0 Å². The molecular formula is C20H21NO2. The van der Waals surface area contributed by atoms with E-state index in [0.29, 0.717) is 13.0 Å². The Morgan fingerprint density at radius 3 is 2.09 bits per heavy atom. The maximum atomic E-state index is 11.6. The van der Waals surface area contributed by atoms with Gasteiger partial charge < -0.3 is 9.64 Å². The smallest absolute Gasteiger partial charge is 0.305 e. The molecule has 0 aliphatic carbocycles. The van der Waals surface area contributed by atoms with Crippen LogP contribution in [0.15, 0.2) is 48.5 Å². The van der Waals surface area contributed by atoms with Gasteiger partial charge >= 0.3 is 5.97 Å². The summed E-state index contributed by atoms with van der Waals surface area (Å²) in [6.07, 6.45) is 5.52. The van der Waals surface area contributed by atoms with Crippen molar-refractivity contribution < 1.29 is 9.53 Å². The molecule has 118 valence electrons. The van der Waals surface area contributed by atoms with Gasteiger partial charge in [0.25, 0.3) is 0 Å². The van der Waals surface area contributed by atoms with Crippen molar-refractivity contribution in [3.63, 3.8) is 0 Å². The molecule has 0 saturated carbocycles. The molecule has 3 nitrogen and oxygen atoms in total. The number of esters is 1. The molecule has 1 heterocycles. The number of benzene rings is 2. The molecule has 2 aromatic carbocycles. The number of carbonyl (C=O) groups is 1. The minimum Gasteiger partial charge on any atom is -0.466 e. The molecule has 0 N–H and O–H groups in total. The molecule has 1 aliphatic heterocycles. The van der Waals surface area contributed by atoms with Gasteiger partial charge in [-0.15, -0.1) is 0 Å². The molecule has 0 saturated heterocycles. The van der Waals surface area contributed by atoms with Gasteiger partial charge in [0.05, 0.1) is 6.61 Å². The molecule has 3 rings (SSSR count). The lowest BCUT2D eigenvalue weighted by Gasteiger charge is -2.26. The second kappa shape index (κ2) is 7.14. The van der Waals surface area contributed by atoms with Crippen LogP contribution in [0.4, 0.5) is 11.4 Å². The van der Waals surface area contributed by atoms with Gasteiger partial charge in [-0.25, -0.2) is 0 Å². The Balaban J connectivity index is 1.86. The fourth-order valence-electron chi connectivity index (χ4n) is 2.91. The highest BCUT2D eigenvalue weighted by Gasteiger charge is 2.17. The maximum absolute atomic E-state index is 11.6. The summed E-state index contributed by atoms with van der Waals surface area (Å²) in [5.41, 5.74) is 4.75. The predicted octanol–water partition coefficient (Wildman–Crippen LogP) is 4.65. The fraction of sp³-hybridized carbons (Fsp3) is 0.250. The van der Waals surface area contributed by atoms with Gasteiger partial charge in [-0.05, 0) is 36.6 Å². The summed E-state index contributed by atoms with van der Waals surface area (Å²) in [5.74, 6) is -0.123. The van der Waals surface area contributed by atoms with E-state index < -0.39 is 0 Å². The van der Waals surface area contributed by atoms with E-state index in [1.807, 2.05) is 6.92 Å². The van der Waals surface area contributed by atoms with E-state index in [1.54, 1.807) is 0 Å². The number of fused-ring (bicyclic) bond motifs is 2. The largest absolute Gasteiger partial charge is 0.466 e. The van der Waals surface area contributed by atoms with Gasteiger partial charge in [-0.2, -0.15) is 0 Å². The first kappa shape index (κ1) is 15.3. The van der Waals surface area contributed by atoms with Crippen LogP contribution in [-0.2, 0) is 9.53 Å². The first-order valence-electron chi connectivity index (χ1n) is 8.09. The lowest BCUT2D eigenvalue weighted by molar-refractivity contribution is -0.143. The van der Waals surface area contributed by atoms with Crippen LogP contribution in [0.25, 0.3) is 12.2 Å². The summed E-state index contributed by atoms with van der Waals surface area (Å²) >= 11 is 0. The van der Waals surface area contributed by atoms with Gasteiger partial charge in [0.1, 0.15) is 0 Å². The molecule has 1 aliphatic rings. The van der Waals surface area contributed by atoms with Gasteiger partial charge in [-0.3, -0.25) is 4.79 Å².